The molecular weight excluding hydrogens is 560 g/mol. The summed E-state index contributed by atoms with van der Waals surface area (Å²) in [6.07, 6.45) is -10.4. The van der Waals surface area contributed by atoms with Gasteiger partial charge in [-0.15, -0.1) is 0 Å². The van der Waals surface area contributed by atoms with Crippen LogP contribution in [-0.4, -0.2) is 48.5 Å². The molecule has 0 saturated heterocycles. The number of carbonyl (C=O) groups is 3. The van der Waals surface area contributed by atoms with Crippen LogP contribution in [-0.2, 0) is 42.8 Å². The summed E-state index contributed by atoms with van der Waals surface area (Å²) < 4.78 is 94.3. The van der Waals surface area contributed by atoms with E-state index in [1.54, 1.807) is 20.8 Å². The van der Waals surface area contributed by atoms with Gasteiger partial charge in [0, 0.05) is 7.05 Å². The summed E-state index contributed by atoms with van der Waals surface area (Å²) >= 11 is 0. The molecule has 1 amide bonds. The number of ether oxygens (including phenoxy) is 3. The van der Waals surface area contributed by atoms with E-state index in [9.17, 15) is 40.7 Å². The van der Waals surface area contributed by atoms with Gasteiger partial charge in [0.2, 0.25) is 5.91 Å². The molecule has 0 heterocycles. The fraction of sp³-hybridized carbons (Fsp3) is 0.464. The highest BCUT2D eigenvalue weighted by Gasteiger charge is 2.37. The number of nitrogens with zero attached hydrogens (tertiary/aromatic N) is 1. The monoisotopic (exact) mass is 591 g/mol. The van der Waals surface area contributed by atoms with Gasteiger partial charge in [-0.3, -0.25) is 9.59 Å². The van der Waals surface area contributed by atoms with Gasteiger partial charge < -0.3 is 19.1 Å². The second-order valence-electron chi connectivity index (χ2n) is 10.3. The minimum absolute atomic E-state index is 0.0260. The number of carbonyl (C=O) groups excluding carboxylic acids is 3. The Kier molecular flexibility index (Phi) is 10.5. The van der Waals surface area contributed by atoms with Gasteiger partial charge in [0.15, 0.2) is 0 Å². The Bertz CT molecular complexity index is 1200. The van der Waals surface area contributed by atoms with Crippen LogP contribution >= 0.6 is 0 Å². The second kappa shape index (κ2) is 12.8. The van der Waals surface area contributed by atoms with Gasteiger partial charge in [0.05, 0.1) is 30.6 Å². The fourth-order valence-electron chi connectivity index (χ4n) is 3.73. The minimum Gasteiger partial charge on any atom is -0.489 e. The molecule has 0 saturated carbocycles. The van der Waals surface area contributed by atoms with Crippen molar-refractivity contribution in [1.29, 1.82) is 0 Å². The maximum atomic E-state index is 13.3. The first kappa shape index (κ1) is 33.4. The highest BCUT2D eigenvalue weighted by molar-refractivity contribution is 5.91. The van der Waals surface area contributed by atoms with E-state index in [2.05, 4.69) is 4.74 Å². The molecule has 0 aliphatic rings. The Balaban J connectivity index is 2.31. The van der Waals surface area contributed by atoms with Crippen LogP contribution in [0.5, 0.6) is 5.75 Å². The van der Waals surface area contributed by atoms with Gasteiger partial charge >= 0.3 is 24.3 Å². The maximum Gasteiger partial charge on any atom is 0.416 e. The molecular formula is C28H31F6NO6. The predicted octanol–water partition coefficient (Wildman–Crippen LogP) is 6.14. The lowest BCUT2D eigenvalue weighted by Gasteiger charge is -2.28. The quantitative estimate of drug-likeness (QED) is 0.258. The standard InChI is InChI=1S/C28H31F6NO6/c1-16(25(38)39-6)35(5)24(37)22(14-23(36)41-26(2,3)4)18-7-9-21(10-8-18)40-15-17-11-19(27(29,30)31)13-20(12-17)28(32,33)34/h7-13,16,22H,14-15H2,1-6H3. The molecule has 0 aliphatic heterocycles. The van der Waals surface area contributed by atoms with Crippen molar-refractivity contribution in [1.82, 2.24) is 4.90 Å². The van der Waals surface area contributed by atoms with Gasteiger partial charge in [-0.25, -0.2) is 4.79 Å². The second-order valence-corrected chi connectivity index (χ2v) is 10.3. The molecule has 41 heavy (non-hydrogen) atoms. The number of methoxy groups -OCH3 is 1. The van der Waals surface area contributed by atoms with Crippen LogP contribution in [0.1, 0.15) is 62.3 Å². The van der Waals surface area contributed by atoms with E-state index in [1.807, 2.05) is 0 Å². The molecule has 2 aromatic rings. The average Bonchev–Trinajstić information content (AvgIpc) is 2.87. The van der Waals surface area contributed by atoms with Crippen LogP contribution in [0, 0.1) is 0 Å². The first-order chi connectivity index (χ1) is 18.7. The van der Waals surface area contributed by atoms with Gasteiger partial charge in [-0.05, 0) is 69.2 Å². The van der Waals surface area contributed by atoms with Crippen molar-refractivity contribution in [2.24, 2.45) is 0 Å². The lowest BCUT2D eigenvalue weighted by molar-refractivity contribution is -0.158. The molecule has 2 unspecified atom stereocenters. The molecule has 0 aliphatic carbocycles. The molecule has 2 rings (SSSR count). The summed E-state index contributed by atoms with van der Waals surface area (Å²) in [5.74, 6) is -2.96. The van der Waals surface area contributed by atoms with Crippen molar-refractivity contribution in [3.63, 3.8) is 0 Å². The zero-order chi connectivity index (χ0) is 31.3. The van der Waals surface area contributed by atoms with E-state index in [-0.39, 0.29) is 23.8 Å². The molecule has 2 atom stereocenters. The number of hydrogen-bond acceptors (Lipinski definition) is 6. The Morgan fingerprint density at radius 3 is 1.83 bits per heavy atom. The lowest BCUT2D eigenvalue weighted by atomic mass is 9.93. The van der Waals surface area contributed by atoms with Crippen LogP contribution in [0.25, 0.3) is 0 Å². The molecule has 0 N–H and O–H groups in total. The number of hydrogen-bond donors (Lipinski definition) is 0. The first-order valence-corrected chi connectivity index (χ1v) is 12.3. The van der Waals surface area contributed by atoms with Crippen molar-refractivity contribution in [3.8, 4) is 5.75 Å². The molecule has 2 aromatic carbocycles. The number of benzene rings is 2. The van der Waals surface area contributed by atoms with Crippen LogP contribution < -0.4 is 4.74 Å². The molecule has 13 heteroatoms. The van der Waals surface area contributed by atoms with E-state index in [0.29, 0.717) is 17.7 Å². The van der Waals surface area contributed by atoms with Crippen molar-refractivity contribution in [2.45, 2.75) is 70.6 Å². The molecule has 0 bridgehead atoms. The Morgan fingerprint density at radius 1 is 0.878 bits per heavy atom. The third-order valence-corrected chi connectivity index (χ3v) is 5.90. The molecule has 0 fully saturated rings. The van der Waals surface area contributed by atoms with Crippen molar-refractivity contribution < 1.29 is 54.9 Å². The number of esters is 2. The summed E-state index contributed by atoms with van der Waals surface area (Å²) in [6, 6.07) is 5.75. The SMILES string of the molecule is COC(=O)C(C)N(C)C(=O)C(CC(=O)OC(C)(C)C)c1ccc(OCc2cc(C(F)(F)F)cc(C(F)(F)F)c2)cc1. The number of likely N-dealkylation sites (N-methyl/N-ethyl adjacent to an activating group) is 1. The first-order valence-electron chi connectivity index (χ1n) is 12.3. The fourth-order valence-corrected chi connectivity index (χ4v) is 3.73. The summed E-state index contributed by atoms with van der Waals surface area (Å²) in [7, 11) is 2.53. The van der Waals surface area contributed by atoms with E-state index in [1.165, 1.54) is 38.2 Å². The zero-order valence-corrected chi connectivity index (χ0v) is 23.3. The van der Waals surface area contributed by atoms with Crippen LogP contribution in [0.15, 0.2) is 42.5 Å². The van der Waals surface area contributed by atoms with Crippen molar-refractivity contribution >= 4 is 17.8 Å². The van der Waals surface area contributed by atoms with Gasteiger partial charge in [-0.2, -0.15) is 26.3 Å². The third kappa shape index (κ3) is 9.68. The highest BCUT2D eigenvalue weighted by Crippen LogP contribution is 2.36. The van der Waals surface area contributed by atoms with Crippen LogP contribution in [0.2, 0.25) is 0 Å². The lowest BCUT2D eigenvalue weighted by Crippen LogP contribution is -2.43. The van der Waals surface area contributed by atoms with Gasteiger partial charge in [-0.1, -0.05) is 12.1 Å². The number of rotatable bonds is 9. The van der Waals surface area contributed by atoms with E-state index >= 15 is 0 Å². The normalized spacial score (nSPS) is 13.7. The average molecular weight is 592 g/mol. The zero-order valence-electron chi connectivity index (χ0n) is 23.3. The highest BCUT2D eigenvalue weighted by atomic mass is 19.4. The van der Waals surface area contributed by atoms with E-state index < -0.39 is 65.5 Å². The molecule has 0 radical (unpaired) electrons. The number of amides is 1. The van der Waals surface area contributed by atoms with E-state index in [4.69, 9.17) is 9.47 Å². The van der Waals surface area contributed by atoms with Crippen molar-refractivity contribution in [2.75, 3.05) is 14.2 Å². The predicted molar refractivity (Wildman–Crippen MR) is 135 cm³/mol. The number of halogens is 6. The third-order valence-electron chi connectivity index (χ3n) is 5.90. The summed E-state index contributed by atoms with van der Waals surface area (Å²) in [5, 5.41) is 0. The smallest absolute Gasteiger partial charge is 0.416 e. The van der Waals surface area contributed by atoms with E-state index in [0.717, 1.165) is 12.0 Å². The van der Waals surface area contributed by atoms with Gasteiger partial charge in [0.25, 0.3) is 0 Å². The topological polar surface area (TPSA) is 82.1 Å². The summed E-state index contributed by atoms with van der Waals surface area (Å²) in [4.78, 5) is 39.0. The molecule has 0 spiro atoms. The molecule has 0 aromatic heterocycles. The Hall–Kier alpha value is -3.77. The Labute approximate surface area is 233 Å². The minimum atomic E-state index is -4.99. The largest absolute Gasteiger partial charge is 0.489 e. The van der Waals surface area contributed by atoms with Crippen LogP contribution in [0.3, 0.4) is 0 Å². The summed E-state index contributed by atoms with van der Waals surface area (Å²) in [6.45, 7) is 5.80. The molecule has 7 nitrogen and oxygen atoms in total. The van der Waals surface area contributed by atoms with Gasteiger partial charge in [0.1, 0.15) is 24.0 Å². The van der Waals surface area contributed by atoms with Crippen LogP contribution in [0.4, 0.5) is 26.3 Å². The number of alkyl halides is 6. The van der Waals surface area contributed by atoms with Crippen molar-refractivity contribution in [3.05, 3.63) is 64.7 Å². The maximum absolute atomic E-state index is 13.3. The summed E-state index contributed by atoms with van der Waals surface area (Å²) in [5.41, 5.74) is -3.78. The molecule has 226 valence electrons. The Morgan fingerprint density at radius 2 is 1.39 bits per heavy atom.